The van der Waals surface area contributed by atoms with E-state index in [0.29, 0.717) is 11.8 Å². The Bertz CT molecular complexity index is 466. The number of rotatable bonds is 2. The van der Waals surface area contributed by atoms with Gasteiger partial charge in [-0.05, 0) is 61.2 Å². The van der Waals surface area contributed by atoms with Gasteiger partial charge >= 0.3 is 12.3 Å². The van der Waals surface area contributed by atoms with Gasteiger partial charge in [-0.1, -0.05) is 41.5 Å². The monoisotopic (exact) mass is 370 g/mol. The molecule has 2 rings (SSSR count). The molecular weight excluding hydrogens is 336 g/mol. The van der Waals surface area contributed by atoms with E-state index in [9.17, 15) is 9.59 Å². The van der Waals surface area contributed by atoms with Crippen LogP contribution in [-0.2, 0) is 19.2 Å². The van der Waals surface area contributed by atoms with Gasteiger partial charge in [-0.3, -0.25) is 0 Å². The average molecular weight is 370 g/mol. The fourth-order valence-corrected chi connectivity index (χ4v) is 5.08. The maximum atomic E-state index is 11.8. The number of carbonyl (C=O) groups is 2. The van der Waals surface area contributed by atoms with Crippen LogP contribution in [0.15, 0.2) is 0 Å². The highest BCUT2D eigenvalue weighted by molar-refractivity contribution is 5.63. The van der Waals surface area contributed by atoms with Gasteiger partial charge in [-0.2, -0.15) is 19.4 Å². The molecule has 26 heavy (non-hydrogen) atoms. The summed E-state index contributed by atoms with van der Waals surface area (Å²) in [5.41, 5.74) is 0.236. The molecule has 0 unspecified atom stereocenters. The second-order valence-electron chi connectivity index (χ2n) is 9.97. The van der Waals surface area contributed by atoms with Gasteiger partial charge in [0.2, 0.25) is 0 Å². The van der Waals surface area contributed by atoms with Crippen molar-refractivity contribution in [3.05, 3.63) is 0 Å². The van der Waals surface area contributed by atoms with Crippen LogP contribution in [0.25, 0.3) is 0 Å². The van der Waals surface area contributed by atoms with E-state index in [0.717, 1.165) is 38.5 Å². The lowest BCUT2D eigenvalue weighted by Gasteiger charge is -2.38. The smallest absolute Gasteiger partial charge is 0.428 e. The average Bonchev–Trinajstić information content (AvgIpc) is 2.40. The second-order valence-corrected chi connectivity index (χ2v) is 9.97. The van der Waals surface area contributed by atoms with Crippen molar-refractivity contribution < 1.29 is 28.8 Å². The first kappa shape index (κ1) is 20.8. The van der Waals surface area contributed by atoms with Crippen LogP contribution < -0.4 is 0 Å². The van der Waals surface area contributed by atoms with E-state index < -0.39 is 12.3 Å². The summed E-state index contributed by atoms with van der Waals surface area (Å²) >= 11 is 0. The third kappa shape index (κ3) is 6.69. The van der Waals surface area contributed by atoms with Crippen molar-refractivity contribution in [3.63, 3.8) is 0 Å². The van der Waals surface area contributed by atoms with E-state index >= 15 is 0 Å². The zero-order chi connectivity index (χ0) is 19.5. The number of hydrogen-bond acceptors (Lipinski definition) is 6. The van der Waals surface area contributed by atoms with Crippen molar-refractivity contribution in [2.45, 2.75) is 92.3 Å². The lowest BCUT2D eigenvalue weighted by Crippen LogP contribution is -2.35. The Labute approximate surface area is 156 Å². The first-order chi connectivity index (χ1) is 11.9. The van der Waals surface area contributed by atoms with E-state index in [1.54, 1.807) is 0 Å². The summed E-state index contributed by atoms with van der Waals surface area (Å²) in [6.07, 6.45) is 2.89. The highest BCUT2D eigenvalue weighted by Crippen LogP contribution is 2.40. The van der Waals surface area contributed by atoms with Crippen LogP contribution in [-0.4, -0.2) is 24.5 Å². The molecule has 6 heteroatoms. The van der Waals surface area contributed by atoms with Crippen molar-refractivity contribution in [2.24, 2.45) is 22.7 Å². The minimum Gasteiger partial charge on any atom is -0.428 e. The molecule has 0 saturated heterocycles. The summed E-state index contributed by atoms with van der Waals surface area (Å²) in [6, 6.07) is 0. The van der Waals surface area contributed by atoms with Crippen LogP contribution in [0, 0.1) is 22.7 Å². The maximum absolute atomic E-state index is 11.8. The third-order valence-electron chi connectivity index (χ3n) is 5.40. The molecule has 0 radical (unpaired) electrons. The largest absolute Gasteiger partial charge is 0.550 e. The van der Waals surface area contributed by atoms with Crippen molar-refractivity contribution in [2.75, 3.05) is 0 Å². The van der Waals surface area contributed by atoms with Gasteiger partial charge in [-0.25, -0.2) is 0 Å². The summed E-state index contributed by atoms with van der Waals surface area (Å²) in [5, 5.41) is 0. The van der Waals surface area contributed by atoms with E-state index in [2.05, 4.69) is 51.3 Å². The fourth-order valence-electron chi connectivity index (χ4n) is 5.08. The summed E-state index contributed by atoms with van der Waals surface area (Å²) in [5.74, 6) is 0.943. The fraction of sp³-hybridized carbons (Fsp3) is 0.900. The number of hydrogen-bond donors (Lipinski definition) is 0. The van der Waals surface area contributed by atoms with Crippen LogP contribution in [0.4, 0.5) is 9.59 Å². The SMILES string of the molecule is C[C@@H]1C[C@H](OC(=O)OOC(=O)O[C@H]2C[C@@H](C)CC(C)(C)C2)CC(C)(C)C1. The number of carbonyl (C=O) groups excluding carboxylic acids is 2. The summed E-state index contributed by atoms with van der Waals surface area (Å²) in [7, 11) is 0. The van der Waals surface area contributed by atoms with Crippen LogP contribution in [0.2, 0.25) is 0 Å². The first-order valence-corrected chi connectivity index (χ1v) is 9.70. The van der Waals surface area contributed by atoms with Gasteiger partial charge in [0.25, 0.3) is 0 Å². The molecule has 0 heterocycles. The van der Waals surface area contributed by atoms with Crippen LogP contribution >= 0.6 is 0 Å². The molecule has 2 aliphatic carbocycles. The molecule has 0 aromatic heterocycles. The van der Waals surface area contributed by atoms with Crippen LogP contribution in [0.5, 0.6) is 0 Å². The Morgan fingerprint density at radius 2 is 1.04 bits per heavy atom. The van der Waals surface area contributed by atoms with Gasteiger partial charge in [0.15, 0.2) is 0 Å². The first-order valence-electron chi connectivity index (χ1n) is 9.70. The van der Waals surface area contributed by atoms with Crippen molar-refractivity contribution in [3.8, 4) is 0 Å². The van der Waals surface area contributed by atoms with Crippen LogP contribution in [0.3, 0.4) is 0 Å². The quantitative estimate of drug-likeness (QED) is 0.356. The Kier molecular flexibility index (Phi) is 6.46. The lowest BCUT2D eigenvalue weighted by molar-refractivity contribution is -0.229. The molecule has 2 fully saturated rings. The third-order valence-corrected chi connectivity index (χ3v) is 5.40. The predicted octanol–water partition coefficient (Wildman–Crippen LogP) is 5.64. The van der Waals surface area contributed by atoms with Gasteiger partial charge < -0.3 is 9.47 Å². The summed E-state index contributed by atoms with van der Waals surface area (Å²) < 4.78 is 10.6. The molecular formula is C20H34O6. The van der Waals surface area contributed by atoms with Gasteiger partial charge in [0, 0.05) is 0 Å². The van der Waals surface area contributed by atoms with E-state index in [4.69, 9.17) is 9.47 Å². The Morgan fingerprint density at radius 3 is 1.35 bits per heavy atom. The van der Waals surface area contributed by atoms with Gasteiger partial charge in [-0.15, -0.1) is 0 Å². The standard InChI is InChI=1S/C20H34O6/c1-13-7-15(11-19(3,4)9-13)23-17(21)25-26-18(22)24-16-8-14(2)10-20(5,6)12-16/h13-16H,7-12H2,1-6H3/t13-,14-,15+,16+/m1/s1. The molecule has 150 valence electrons. The molecule has 0 spiro atoms. The number of ether oxygens (including phenoxy) is 2. The highest BCUT2D eigenvalue weighted by Gasteiger charge is 2.36. The Hall–Kier alpha value is -1.46. The Morgan fingerprint density at radius 1 is 0.692 bits per heavy atom. The topological polar surface area (TPSA) is 71.1 Å². The zero-order valence-electron chi connectivity index (χ0n) is 17.0. The molecule has 0 aromatic rings. The zero-order valence-corrected chi connectivity index (χ0v) is 17.0. The molecule has 0 aromatic carbocycles. The van der Waals surface area contributed by atoms with E-state index in [1.165, 1.54) is 0 Å². The second kappa shape index (κ2) is 8.05. The Balaban J connectivity index is 1.72. The molecule has 2 aliphatic rings. The van der Waals surface area contributed by atoms with E-state index in [1.807, 2.05) is 0 Å². The molecule has 2 saturated carbocycles. The maximum Gasteiger partial charge on any atom is 0.550 e. The van der Waals surface area contributed by atoms with E-state index in [-0.39, 0.29) is 23.0 Å². The van der Waals surface area contributed by atoms with Gasteiger partial charge in [0.05, 0.1) is 0 Å². The molecule has 0 aliphatic heterocycles. The molecule has 0 bridgehead atoms. The van der Waals surface area contributed by atoms with Crippen molar-refractivity contribution in [1.82, 2.24) is 0 Å². The minimum absolute atomic E-state index is 0.118. The van der Waals surface area contributed by atoms with Crippen LogP contribution in [0.1, 0.15) is 80.1 Å². The minimum atomic E-state index is -0.991. The normalized spacial score (nSPS) is 33.0. The highest BCUT2D eigenvalue weighted by atomic mass is 17.3. The van der Waals surface area contributed by atoms with Crippen molar-refractivity contribution in [1.29, 1.82) is 0 Å². The summed E-state index contributed by atoms with van der Waals surface area (Å²) in [4.78, 5) is 32.6. The van der Waals surface area contributed by atoms with Crippen molar-refractivity contribution >= 4 is 12.3 Å². The predicted molar refractivity (Wildman–Crippen MR) is 96.3 cm³/mol. The summed E-state index contributed by atoms with van der Waals surface area (Å²) in [6.45, 7) is 12.9. The lowest BCUT2D eigenvalue weighted by atomic mass is 9.71. The molecule has 0 N–H and O–H groups in total. The molecule has 4 atom stereocenters. The van der Waals surface area contributed by atoms with Gasteiger partial charge in [0.1, 0.15) is 12.2 Å². The molecule has 0 amide bonds. The molecule has 6 nitrogen and oxygen atoms in total.